The number of nitrogens with one attached hydrogen (secondary N) is 1. The van der Waals surface area contributed by atoms with Crippen LogP contribution in [0.15, 0.2) is 12.3 Å². The first-order valence-corrected chi connectivity index (χ1v) is 6.29. The van der Waals surface area contributed by atoms with Crippen LogP contribution in [0.25, 0.3) is 0 Å². The van der Waals surface area contributed by atoms with Crippen LogP contribution in [0.5, 0.6) is 5.75 Å². The Morgan fingerprint density at radius 1 is 1.68 bits per heavy atom. The maximum atomic E-state index is 11.5. The van der Waals surface area contributed by atoms with Crippen LogP contribution in [-0.4, -0.2) is 54.2 Å². The van der Waals surface area contributed by atoms with E-state index < -0.39 is 0 Å². The number of likely N-dealkylation sites (tertiary alicyclic amines) is 1. The van der Waals surface area contributed by atoms with Gasteiger partial charge in [0, 0.05) is 44.5 Å². The van der Waals surface area contributed by atoms with Crippen molar-refractivity contribution in [3.8, 4) is 5.75 Å². The topological polar surface area (TPSA) is 74.7 Å². The first kappa shape index (κ1) is 13.8. The lowest BCUT2D eigenvalue weighted by Gasteiger charge is -2.17. The number of aliphatic hydroxyl groups excluding tert-OH is 1. The zero-order valence-electron chi connectivity index (χ0n) is 11.2. The molecule has 2 N–H and O–H groups in total. The number of nitrogens with zero attached hydrogens (tertiary/aromatic N) is 2. The van der Waals surface area contributed by atoms with E-state index in [-0.39, 0.29) is 12.0 Å². The Labute approximate surface area is 112 Å². The number of ether oxygens (including phenoxy) is 1. The summed E-state index contributed by atoms with van der Waals surface area (Å²) in [7, 11) is 3.14. The van der Waals surface area contributed by atoms with E-state index in [0.29, 0.717) is 24.5 Å². The number of aliphatic hydroxyl groups is 1. The van der Waals surface area contributed by atoms with Crippen molar-refractivity contribution in [2.45, 2.75) is 19.1 Å². The Morgan fingerprint density at radius 2 is 2.47 bits per heavy atom. The largest absolute Gasteiger partial charge is 0.496 e. The average molecular weight is 265 g/mol. The molecule has 1 saturated heterocycles. The van der Waals surface area contributed by atoms with Crippen LogP contribution in [0.4, 0.5) is 0 Å². The monoisotopic (exact) mass is 265 g/mol. The second-order valence-electron chi connectivity index (χ2n) is 4.64. The number of hydrogen-bond acceptors (Lipinski definition) is 5. The minimum absolute atomic E-state index is 0.235. The van der Waals surface area contributed by atoms with Gasteiger partial charge in [0.2, 0.25) is 0 Å². The summed E-state index contributed by atoms with van der Waals surface area (Å²) >= 11 is 0. The molecule has 0 spiro atoms. The zero-order valence-corrected chi connectivity index (χ0v) is 11.2. The van der Waals surface area contributed by atoms with Gasteiger partial charge in [0.1, 0.15) is 11.4 Å². The number of methoxy groups -OCH3 is 1. The van der Waals surface area contributed by atoms with Gasteiger partial charge in [-0.3, -0.25) is 14.7 Å². The maximum absolute atomic E-state index is 11.5. The molecule has 1 aromatic heterocycles. The standard InChI is InChI=1S/C13H19N3O3/c1-14-13(18)11-5-12(19-2)9(6-15-11)7-16-4-3-10(17)8-16/h5-6,10,17H,3-4,7-8H2,1-2H3,(H,14,18)/t10-/m1/s1. The van der Waals surface area contributed by atoms with Gasteiger partial charge in [-0.15, -0.1) is 0 Å². The Kier molecular flexibility index (Phi) is 4.34. The summed E-state index contributed by atoms with van der Waals surface area (Å²) in [4.78, 5) is 17.8. The molecule has 1 aliphatic heterocycles. The SMILES string of the molecule is CNC(=O)c1cc(OC)c(CN2CC[C@@H](O)C2)cn1. The summed E-state index contributed by atoms with van der Waals surface area (Å²) in [5, 5.41) is 12.0. The highest BCUT2D eigenvalue weighted by molar-refractivity contribution is 5.92. The normalized spacial score (nSPS) is 19.4. The number of carbonyl (C=O) groups is 1. The molecule has 6 heteroatoms. The molecule has 1 atom stereocenters. The minimum atomic E-state index is -0.246. The molecule has 2 rings (SSSR count). The Balaban J connectivity index is 2.14. The lowest BCUT2D eigenvalue weighted by Crippen LogP contribution is -2.23. The quantitative estimate of drug-likeness (QED) is 0.802. The number of rotatable bonds is 4. The molecular weight excluding hydrogens is 246 g/mol. The Morgan fingerprint density at radius 3 is 3.05 bits per heavy atom. The first-order chi connectivity index (χ1) is 9.13. The molecule has 0 aromatic carbocycles. The third-order valence-electron chi connectivity index (χ3n) is 3.26. The lowest BCUT2D eigenvalue weighted by molar-refractivity contribution is 0.0957. The molecule has 0 unspecified atom stereocenters. The molecule has 0 bridgehead atoms. The molecule has 0 aliphatic carbocycles. The van der Waals surface area contributed by atoms with E-state index in [2.05, 4.69) is 15.2 Å². The van der Waals surface area contributed by atoms with Gasteiger partial charge >= 0.3 is 0 Å². The number of hydrogen-bond donors (Lipinski definition) is 2. The smallest absolute Gasteiger partial charge is 0.269 e. The predicted molar refractivity (Wildman–Crippen MR) is 70.1 cm³/mol. The van der Waals surface area contributed by atoms with Crippen LogP contribution in [0.2, 0.25) is 0 Å². The van der Waals surface area contributed by atoms with Crippen molar-refractivity contribution in [1.82, 2.24) is 15.2 Å². The summed E-state index contributed by atoms with van der Waals surface area (Å²) in [5.41, 5.74) is 1.26. The molecule has 1 aromatic rings. The van der Waals surface area contributed by atoms with Crippen molar-refractivity contribution in [3.63, 3.8) is 0 Å². The van der Waals surface area contributed by atoms with Gasteiger partial charge in [-0.05, 0) is 6.42 Å². The highest BCUT2D eigenvalue weighted by atomic mass is 16.5. The molecule has 104 valence electrons. The molecular formula is C13H19N3O3. The predicted octanol–water partition coefficient (Wildman–Crippen LogP) is 0.0164. The fourth-order valence-electron chi connectivity index (χ4n) is 2.22. The fraction of sp³-hybridized carbons (Fsp3) is 0.538. The third-order valence-corrected chi connectivity index (χ3v) is 3.26. The van der Waals surface area contributed by atoms with Crippen LogP contribution in [0, 0.1) is 0 Å². The van der Waals surface area contributed by atoms with Crippen LogP contribution in [0.1, 0.15) is 22.5 Å². The van der Waals surface area contributed by atoms with Crippen molar-refractivity contribution in [3.05, 3.63) is 23.5 Å². The minimum Gasteiger partial charge on any atom is -0.496 e. The van der Waals surface area contributed by atoms with Gasteiger partial charge in [-0.2, -0.15) is 0 Å². The number of aromatic nitrogens is 1. The van der Waals surface area contributed by atoms with Gasteiger partial charge in [-0.25, -0.2) is 0 Å². The summed E-state index contributed by atoms with van der Waals surface area (Å²) in [6.45, 7) is 2.20. The van der Waals surface area contributed by atoms with Crippen LogP contribution >= 0.6 is 0 Å². The van der Waals surface area contributed by atoms with E-state index in [9.17, 15) is 9.90 Å². The average Bonchev–Trinajstić information content (AvgIpc) is 2.83. The van der Waals surface area contributed by atoms with Gasteiger partial charge in [0.25, 0.3) is 5.91 Å². The van der Waals surface area contributed by atoms with Crippen molar-refractivity contribution < 1.29 is 14.6 Å². The van der Waals surface area contributed by atoms with Gasteiger partial charge < -0.3 is 15.2 Å². The number of pyridine rings is 1. The van der Waals surface area contributed by atoms with Gasteiger partial charge in [-0.1, -0.05) is 0 Å². The van der Waals surface area contributed by atoms with E-state index in [0.717, 1.165) is 18.5 Å². The molecule has 0 radical (unpaired) electrons. The second kappa shape index (κ2) is 5.99. The van der Waals surface area contributed by atoms with E-state index in [1.54, 1.807) is 26.4 Å². The molecule has 1 amide bonds. The fourth-order valence-corrected chi connectivity index (χ4v) is 2.22. The zero-order chi connectivity index (χ0) is 13.8. The third kappa shape index (κ3) is 3.21. The van der Waals surface area contributed by atoms with Crippen molar-refractivity contribution in [2.24, 2.45) is 0 Å². The van der Waals surface area contributed by atoms with Crippen LogP contribution < -0.4 is 10.1 Å². The van der Waals surface area contributed by atoms with E-state index in [4.69, 9.17) is 4.74 Å². The van der Waals surface area contributed by atoms with E-state index in [1.807, 2.05) is 0 Å². The summed E-state index contributed by atoms with van der Waals surface area (Å²) in [5.74, 6) is 0.413. The lowest BCUT2D eigenvalue weighted by atomic mass is 10.2. The molecule has 19 heavy (non-hydrogen) atoms. The Hall–Kier alpha value is -1.66. The molecule has 0 saturated carbocycles. The molecule has 1 fully saturated rings. The van der Waals surface area contributed by atoms with Gasteiger partial charge in [0.05, 0.1) is 13.2 Å². The maximum Gasteiger partial charge on any atom is 0.269 e. The molecule has 2 heterocycles. The van der Waals surface area contributed by atoms with E-state index >= 15 is 0 Å². The summed E-state index contributed by atoms with van der Waals surface area (Å²) < 4.78 is 5.31. The summed E-state index contributed by atoms with van der Waals surface area (Å²) in [6.07, 6.45) is 2.21. The molecule has 6 nitrogen and oxygen atoms in total. The van der Waals surface area contributed by atoms with Gasteiger partial charge in [0.15, 0.2) is 0 Å². The van der Waals surface area contributed by atoms with Crippen molar-refractivity contribution >= 4 is 5.91 Å². The Bertz CT molecular complexity index is 464. The van der Waals surface area contributed by atoms with E-state index in [1.165, 1.54) is 0 Å². The van der Waals surface area contributed by atoms with Crippen LogP contribution in [0.3, 0.4) is 0 Å². The number of carbonyl (C=O) groups excluding carboxylic acids is 1. The number of β-amino-alcohol motifs (C(OH)–C–C–N with tert-alkyl or cyclic N) is 1. The second-order valence-corrected chi connectivity index (χ2v) is 4.64. The number of amides is 1. The van der Waals surface area contributed by atoms with Crippen LogP contribution in [-0.2, 0) is 6.54 Å². The van der Waals surface area contributed by atoms with Crippen molar-refractivity contribution in [1.29, 1.82) is 0 Å². The molecule has 1 aliphatic rings. The highest BCUT2D eigenvalue weighted by Gasteiger charge is 2.21. The summed E-state index contributed by atoms with van der Waals surface area (Å²) in [6, 6.07) is 1.64. The first-order valence-electron chi connectivity index (χ1n) is 6.29. The van der Waals surface area contributed by atoms with Crippen molar-refractivity contribution in [2.75, 3.05) is 27.2 Å². The highest BCUT2D eigenvalue weighted by Crippen LogP contribution is 2.22.